The van der Waals surface area contributed by atoms with Gasteiger partial charge in [-0.05, 0) is 25.0 Å². The van der Waals surface area contributed by atoms with E-state index in [-0.39, 0.29) is 12.3 Å². The quantitative estimate of drug-likeness (QED) is 0.805. The fraction of sp³-hybridized carbons (Fsp3) is 0.588. The first-order chi connectivity index (χ1) is 11.3. The summed E-state index contributed by atoms with van der Waals surface area (Å²) in [5.74, 6) is -0.932. The maximum atomic E-state index is 12.8. The number of rotatable bonds is 5. The second-order valence-corrected chi connectivity index (χ2v) is 6.20. The van der Waals surface area contributed by atoms with Crippen LogP contribution < -0.4 is 10.1 Å². The van der Waals surface area contributed by atoms with E-state index in [2.05, 4.69) is 5.32 Å². The lowest BCUT2D eigenvalue weighted by molar-refractivity contribution is -0.139. The van der Waals surface area contributed by atoms with Crippen LogP contribution in [0.5, 0.6) is 5.75 Å². The van der Waals surface area contributed by atoms with E-state index in [0.717, 1.165) is 31.7 Å². The molecular formula is C17H22F3NO3. The first kappa shape index (κ1) is 18.6. The smallest absolute Gasteiger partial charge is 0.419 e. The molecule has 1 aromatic carbocycles. The summed E-state index contributed by atoms with van der Waals surface area (Å²) < 4.78 is 43.5. The molecule has 0 bridgehead atoms. The molecule has 0 aromatic heterocycles. The normalized spacial score (nSPS) is 17.8. The number of hydrogen-bond donors (Lipinski definition) is 2. The van der Waals surface area contributed by atoms with Gasteiger partial charge < -0.3 is 15.2 Å². The Morgan fingerprint density at radius 1 is 1.17 bits per heavy atom. The first-order valence-corrected chi connectivity index (χ1v) is 8.08. The Balaban J connectivity index is 1.85. The van der Waals surface area contributed by atoms with Crippen molar-refractivity contribution in [2.24, 2.45) is 0 Å². The van der Waals surface area contributed by atoms with Gasteiger partial charge in [0.15, 0.2) is 6.61 Å². The van der Waals surface area contributed by atoms with Crippen molar-refractivity contribution >= 4 is 5.91 Å². The monoisotopic (exact) mass is 345 g/mol. The molecule has 134 valence electrons. The average Bonchev–Trinajstić information content (AvgIpc) is 2.75. The van der Waals surface area contributed by atoms with Gasteiger partial charge in [0.1, 0.15) is 5.75 Å². The third-order valence-electron chi connectivity index (χ3n) is 4.20. The minimum Gasteiger partial charge on any atom is -0.483 e. The molecule has 24 heavy (non-hydrogen) atoms. The molecule has 0 aliphatic heterocycles. The molecule has 1 aliphatic rings. The number of nitrogens with one attached hydrogen (secondary N) is 1. The topological polar surface area (TPSA) is 58.6 Å². The van der Waals surface area contributed by atoms with Crippen molar-refractivity contribution in [2.75, 3.05) is 13.2 Å². The van der Waals surface area contributed by atoms with Gasteiger partial charge in [-0.1, -0.05) is 37.8 Å². The third-order valence-corrected chi connectivity index (χ3v) is 4.20. The highest BCUT2D eigenvalue weighted by Crippen LogP contribution is 2.35. The summed E-state index contributed by atoms with van der Waals surface area (Å²) in [6.45, 7) is -0.431. The number of carbonyl (C=O) groups excluding carboxylic acids is 1. The zero-order valence-electron chi connectivity index (χ0n) is 13.4. The summed E-state index contributed by atoms with van der Waals surface area (Å²) in [4.78, 5) is 11.8. The van der Waals surface area contributed by atoms with Crippen LogP contribution in [0.4, 0.5) is 13.2 Å². The number of para-hydroxylation sites is 1. The molecule has 0 unspecified atom stereocenters. The standard InChI is InChI=1S/C17H22F3NO3/c18-17(19,20)13-7-3-4-8-14(13)24-11-15(22)21-12-16(23)9-5-1-2-6-10-16/h3-4,7-8,23H,1-2,5-6,9-12H2,(H,21,22). The summed E-state index contributed by atoms with van der Waals surface area (Å²) in [6.07, 6.45) is 0.628. The molecule has 0 spiro atoms. The van der Waals surface area contributed by atoms with Gasteiger partial charge in [-0.2, -0.15) is 13.2 Å². The summed E-state index contributed by atoms with van der Waals surface area (Å²) in [5.41, 5.74) is -1.85. The molecule has 2 N–H and O–H groups in total. The molecule has 0 heterocycles. The van der Waals surface area contributed by atoms with E-state index in [1.165, 1.54) is 18.2 Å². The van der Waals surface area contributed by atoms with Crippen LogP contribution in [0.1, 0.15) is 44.1 Å². The fourth-order valence-electron chi connectivity index (χ4n) is 2.85. The van der Waals surface area contributed by atoms with Gasteiger partial charge in [-0.15, -0.1) is 0 Å². The van der Waals surface area contributed by atoms with Gasteiger partial charge in [-0.3, -0.25) is 4.79 Å². The van der Waals surface area contributed by atoms with Crippen LogP contribution >= 0.6 is 0 Å². The summed E-state index contributed by atoms with van der Waals surface area (Å²) >= 11 is 0. The third kappa shape index (κ3) is 5.40. The Kier molecular flexibility index (Phi) is 6.10. The van der Waals surface area contributed by atoms with Gasteiger partial charge >= 0.3 is 6.18 Å². The molecule has 1 amide bonds. The van der Waals surface area contributed by atoms with Crippen LogP contribution in [0.25, 0.3) is 0 Å². The van der Waals surface area contributed by atoms with Crippen LogP contribution in [0.2, 0.25) is 0 Å². The number of hydrogen-bond acceptors (Lipinski definition) is 3. The number of ether oxygens (including phenoxy) is 1. The molecule has 1 fully saturated rings. The van der Waals surface area contributed by atoms with E-state index >= 15 is 0 Å². The van der Waals surface area contributed by atoms with E-state index in [1.54, 1.807) is 0 Å². The van der Waals surface area contributed by atoms with Crippen LogP contribution in [0.3, 0.4) is 0 Å². The zero-order valence-corrected chi connectivity index (χ0v) is 13.4. The van der Waals surface area contributed by atoms with Crippen molar-refractivity contribution in [3.8, 4) is 5.75 Å². The second kappa shape index (κ2) is 7.88. The van der Waals surface area contributed by atoms with Gasteiger partial charge in [0.25, 0.3) is 5.91 Å². The Morgan fingerprint density at radius 2 is 1.79 bits per heavy atom. The molecule has 2 rings (SSSR count). The van der Waals surface area contributed by atoms with Crippen LogP contribution in [-0.4, -0.2) is 29.8 Å². The maximum absolute atomic E-state index is 12.8. The van der Waals surface area contributed by atoms with E-state index in [0.29, 0.717) is 12.8 Å². The highest BCUT2D eigenvalue weighted by Gasteiger charge is 2.34. The predicted octanol–water partition coefficient (Wildman–Crippen LogP) is 3.29. The summed E-state index contributed by atoms with van der Waals surface area (Å²) in [6, 6.07) is 4.75. The van der Waals surface area contributed by atoms with Crippen LogP contribution in [-0.2, 0) is 11.0 Å². The lowest BCUT2D eigenvalue weighted by Crippen LogP contribution is -2.44. The van der Waals surface area contributed by atoms with Crippen LogP contribution in [0, 0.1) is 0 Å². The minimum absolute atomic E-state index is 0.0934. The minimum atomic E-state index is -4.54. The van der Waals surface area contributed by atoms with E-state index in [9.17, 15) is 23.1 Å². The second-order valence-electron chi connectivity index (χ2n) is 6.20. The van der Waals surface area contributed by atoms with Gasteiger partial charge in [0, 0.05) is 6.54 Å². The maximum Gasteiger partial charge on any atom is 0.419 e. The lowest BCUT2D eigenvalue weighted by Gasteiger charge is -2.26. The lowest BCUT2D eigenvalue weighted by atomic mass is 9.94. The zero-order chi connectivity index (χ0) is 17.6. The summed E-state index contributed by atoms with van der Waals surface area (Å²) in [5, 5.41) is 13.0. The molecule has 7 heteroatoms. The molecule has 0 atom stereocenters. The molecular weight excluding hydrogens is 323 g/mol. The van der Waals surface area contributed by atoms with Crippen molar-refractivity contribution in [1.29, 1.82) is 0 Å². The number of carbonyl (C=O) groups is 1. The number of amides is 1. The first-order valence-electron chi connectivity index (χ1n) is 8.08. The molecule has 1 saturated carbocycles. The van der Waals surface area contributed by atoms with Gasteiger partial charge in [0.05, 0.1) is 11.2 Å². The molecule has 1 aliphatic carbocycles. The van der Waals surface area contributed by atoms with Gasteiger partial charge in [-0.25, -0.2) is 0 Å². The van der Waals surface area contributed by atoms with Crippen molar-refractivity contribution in [1.82, 2.24) is 5.32 Å². The van der Waals surface area contributed by atoms with Crippen molar-refractivity contribution in [2.45, 2.75) is 50.3 Å². The van der Waals surface area contributed by atoms with E-state index in [1.807, 2.05) is 0 Å². The van der Waals surface area contributed by atoms with Gasteiger partial charge in [0.2, 0.25) is 0 Å². The van der Waals surface area contributed by atoms with E-state index in [4.69, 9.17) is 4.74 Å². The van der Waals surface area contributed by atoms with Crippen molar-refractivity contribution in [3.05, 3.63) is 29.8 Å². The Hall–Kier alpha value is -1.76. The van der Waals surface area contributed by atoms with Crippen LogP contribution in [0.15, 0.2) is 24.3 Å². The highest BCUT2D eigenvalue weighted by molar-refractivity contribution is 5.77. The molecule has 4 nitrogen and oxygen atoms in total. The molecule has 1 aromatic rings. The highest BCUT2D eigenvalue weighted by atomic mass is 19.4. The average molecular weight is 345 g/mol. The molecule has 0 radical (unpaired) electrons. The Labute approximate surface area is 139 Å². The number of benzene rings is 1. The van der Waals surface area contributed by atoms with E-state index < -0.39 is 29.9 Å². The number of halogens is 3. The largest absolute Gasteiger partial charge is 0.483 e. The Bertz CT molecular complexity index is 552. The number of alkyl halides is 3. The SMILES string of the molecule is O=C(COc1ccccc1C(F)(F)F)NCC1(O)CCCCCC1. The fourth-order valence-corrected chi connectivity index (χ4v) is 2.85. The summed E-state index contributed by atoms with van der Waals surface area (Å²) in [7, 11) is 0. The van der Waals surface area contributed by atoms with Crippen molar-refractivity contribution < 1.29 is 27.8 Å². The number of aliphatic hydroxyl groups is 1. The Morgan fingerprint density at radius 3 is 2.42 bits per heavy atom. The predicted molar refractivity (Wildman–Crippen MR) is 82.6 cm³/mol. The van der Waals surface area contributed by atoms with Crippen molar-refractivity contribution in [3.63, 3.8) is 0 Å². The molecule has 0 saturated heterocycles.